The molecule has 217 valence electrons. The van der Waals surface area contributed by atoms with Crippen LogP contribution in [0.25, 0.3) is 11.3 Å². The molecule has 2 aromatic heterocycles. The molecule has 7 aliphatic rings. The first-order chi connectivity index (χ1) is 19.8. The molecule has 9 heteroatoms. The van der Waals surface area contributed by atoms with E-state index in [0.29, 0.717) is 35.5 Å². The van der Waals surface area contributed by atoms with Crippen LogP contribution in [0.1, 0.15) is 171 Å². The minimum atomic E-state index is 0. The van der Waals surface area contributed by atoms with Crippen molar-refractivity contribution in [3.8, 4) is 0 Å². The summed E-state index contributed by atoms with van der Waals surface area (Å²) in [5.74, 6) is 7.87. The normalized spacial score (nSPS) is 31.1. The van der Waals surface area contributed by atoms with E-state index in [1.54, 1.807) is 0 Å². The van der Waals surface area contributed by atoms with Crippen molar-refractivity contribution in [2.45, 2.75) is 138 Å². The molecule has 0 amide bonds. The Balaban J connectivity index is 0.00000256. The molecular formula is C32H38CuN8. The Morgan fingerprint density at radius 2 is 0.756 bits per heavy atom. The summed E-state index contributed by atoms with van der Waals surface area (Å²) in [6.07, 6.45) is 18.7. The maximum absolute atomic E-state index is 5.30. The molecule has 41 heavy (non-hydrogen) atoms. The summed E-state index contributed by atoms with van der Waals surface area (Å²) in [5, 5.41) is 0. The third-order valence-electron chi connectivity index (χ3n) is 11.1. The largest absolute Gasteiger partial charge is 2.00 e. The molecule has 1 radical (unpaired) electrons. The molecule has 4 aliphatic carbocycles. The van der Waals surface area contributed by atoms with E-state index in [4.69, 9.17) is 39.9 Å². The van der Waals surface area contributed by atoms with Crippen molar-refractivity contribution in [1.29, 1.82) is 0 Å². The molecule has 8 bridgehead atoms. The molecule has 8 nitrogen and oxygen atoms in total. The summed E-state index contributed by atoms with van der Waals surface area (Å²) in [7, 11) is 0. The number of hydrogen-bond donors (Lipinski definition) is 0. The van der Waals surface area contributed by atoms with Crippen molar-refractivity contribution in [2.75, 3.05) is 0 Å². The Labute approximate surface area is 252 Å². The van der Waals surface area contributed by atoms with Gasteiger partial charge in [0.1, 0.15) is 0 Å². The van der Waals surface area contributed by atoms with Gasteiger partial charge in [0.05, 0.1) is 23.3 Å². The molecule has 6 unspecified atom stereocenters. The van der Waals surface area contributed by atoms with E-state index in [0.717, 1.165) is 97.6 Å². The quantitative estimate of drug-likeness (QED) is 0.337. The second kappa shape index (κ2) is 10.4. The minimum absolute atomic E-state index is 0. The SMILES string of the molecule is C1CCc2c(c3nc4nc(nc5[n-]c(nc6nc(nc2[n-]3)C2CCCCC62)C2CCCCC52)C2CCCCC42)C1.[Cu+2]. The van der Waals surface area contributed by atoms with Gasteiger partial charge in [-0.2, -0.15) is 0 Å². The van der Waals surface area contributed by atoms with Crippen LogP contribution in [0.5, 0.6) is 0 Å². The van der Waals surface area contributed by atoms with E-state index in [1.807, 2.05) is 0 Å². The Kier molecular flexibility index (Phi) is 6.67. The van der Waals surface area contributed by atoms with Gasteiger partial charge in [-0.05, 0) is 98.8 Å². The summed E-state index contributed by atoms with van der Waals surface area (Å²) in [5.41, 5.74) is 4.32. The molecule has 0 spiro atoms. The maximum atomic E-state index is 5.30. The van der Waals surface area contributed by atoms with E-state index in [1.165, 1.54) is 62.5 Å². The fourth-order valence-corrected chi connectivity index (χ4v) is 9.01. The summed E-state index contributed by atoms with van der Waals surface area (Å²) in [6, 6.07) is 0. The first-order valence-corrected chi connectivity index (χ1v) is 16.2. The number of aryl methyl sites for hydroxylation is 2. The molecule has 0 aromatic carbocycles. The summed E-state index contributed by atoms with van der Waals surface area (Å²) in [6.45, 7) is 0. The van der Waals surface area contributed by atoms with Crippen molar-refractivity contribution in [1.82, 2.24) is 39.9 Å². The van der Waals surface area contributed by atoms with Crippen LogP contribution in [0.3, 0.4) is 0 Å². The Morgan fingerprint density at radius 3 is 1.17 bits per heavy atom. The van der Waals surface area contributed by atoms with Crippen LogP contribution in [-0.2, 0) is 29.9 Å². The fourth-order valence-electron chi connectivity index (χ4n) is 9.01. The van der Waals surface area contributed by atoms with Crippen molar-refractivity contribution in [3.05, 3.63) is 46.1 Å². The molecule has 6 atom stereocenters. The third kappa shape index (κ3) is 4.28. The van der Waals surface area contributed by atoms with Crippen LogP contribution in [0.15, 0.2) is 0 Å². The molecule has 3 fully saturated rings. The monoisotopic (exact) mass is 597 g/mol. The zero-order chi connectivity index (χ0) is 26.2. The molecule has 0 saturated heterocycles. The first kappa shape index (κ1) is 26.3. The van der Waals surface area contributed by atoms with Crippen LogP contribution < -0.4 is 9.97 Å². The number of rotatable bonds is 0. The summed E-state index contributed by atoms with van der Waals surface area (Å²) in [4.78, 5) is 41.8. The van der Waals surface area contributed by atoms with Crippen LogP contribution in [0.4, 0.5) is 0 Å². The van der Waals surface area contributed by atoms with Gasteiger partial charge in [0, 0.05) is 35.0 Å². The van der Waals surface area contributed by atoms with Gasteiger partial charge >= 0.3 is 17.1 Å². The smallest absolute Gasteiger partial charge is 0.366 e. The van der Waals surface area contributed by atoms with Crippen LogP contribution in [0.2, 0.25) is 0 Å². The Bertz CT molecular complexity index is 1430. The van der Waals surface area contributed by atoms with Gasteiger partial charge in [0.2, 0.25) is 0 Å². The average molecular weight is 598 g/mol. The van der Waals surface area contributed by atoms with Gasteiger partial charge in [-0.3, -0.25) is 9.97 Å². The maximum Gasteiger partial charge on any atom is 2.00 e. The minimum Gasteiger partial charge on any atom is -0.366 e. The van der Waals surface area contributed by atoms with Crippen molar-refractivity contribution < 1.29 is 17.1 Å². The molecule has 3 saturated carbocycles. The predicted octanol–water partition coefficient (Wildman–Crippen LogP) is 6.08. The zero-order valence-electron chi connectivity index (χ0n) is 23.7. The Hall–Kier alpha value is -2.38. The van der Waals surface area contributed by atoms with E-state index < -0.39 is 0 Å². The standard InChI is InChI=1S/C32H38N8.Cu/c1-2-10-18-17(9-1)25-33-26(18)38-28-21-13-5-6-14-22(21)30(35-28)40-32-24-16-8-7-15-23(24)31(36-32)39-29-20-12-4-3-11-19(20)27(34-29)37-25;/h17-22H,1-16H2;/q-2;+2. The molecule has 0 N–H and O–H groups in total. The van der Waals surface area contributed by atoms with Gasteiger partial charge in [0.25, 0.3) is 0 Å². The Morgan fingerprint density at radius 1 is 0.390 bits per heavy atom. The van der Waals surface area contributed by atoms with Crippen molar-refractivity contribution >= 4 is 11.3 Å². The number of fused-ring (bicyclic) bond motifs is 20. The van der Waals surface area contributed by atoms with E-state index in [2.05, 4.69) is 0 Å². The zero-order valence-corrected chi connectivity index (χ0v) is 24.6. The van der Waals surface area contributed by atoms with E-state index >= 15 is 0 Å². The van der Waals surface area contributed by atoms with Gasteiger partial charge in [-0.15, -0.1) is 0 Å². The molecule has 2 aromatic rings. The number of aromatic nitrogens is 8. The number of nitrogens with zero attached hydrogens (tertiary/aromatic N) is 8. The summed E-state index contributed by atoms with van der Waals surface area (Å²) < 4.78 is 0. The fraction of sp³-hybridized carbons (Fsp3) is 0.688. The van der Waals surface area contributed by atoms with Gasteiger partial charge < -0.3 is 29.9 Å². The van der Waals surface area contributed by atoms with Crippen molar-refractivity contribution in [3.63, 3.8) is 0 Å². The molecule has 9 rings (SSSR count). The average Bonchev–Trinajstić information content (AvgIpc) is 3.73. The third-order valence-corrected chi connectivity index (χ3v) is 11.1. The molecular weight excluding hydrogens is 560 g/mol. The van der Waals surface area contributed by atoms with E-state index in [-0.39, 0.29) is 17.1 Å². The van der Waals surface area contributed by atoms with Gasteiger partial charge in [-0.25, -0.2) is 0 Å². The van der Waals surface area contributed by atoms with Gasteiger partial charge in [-0.1, -0.05) is 38.5 Å². The van der Waals surface area contributed by atoms with E-state index in [9.17, 15) is 0 Å². The van der Waals surface area contributed by atoms with Crippen molar-refractivity contribution in [2.24, 2.45) is 0 Å². The topological polar surface area (TPSA) is 106 Å². The summed E-state index contributed by atoms with van der Waals surface area (Å²) >= 11 is 0. The van der Waals surface area contributed by atoms with Crippen LogP contribution in [0, 0.1) is 0 Å². The first-order valence-electron chi connectivity index (χ1n) is 16.2. The number of hydrogen-bond acceptors (Lipinski definition) is 6. The second-order valence-corrected chi connectivity index (χ2v) is 13.3. The van der Waals surface area contributed by atoms with Gasteiger partial charge in [0.15, 0.2) is 0 Å². The second-order valence-electron chi connectivity index (χ2n) is 13.3. The molecule has 5 heterocycles. The van der Waals surface area contributed by atoms with Crippen LogP contribution >= 0.6 is 0 Å². The predicted molar refractivity (Wildman–Crippen MR) is 150 cm³/mol. The van der Waals surface area contributed by atoms with Crippen LogP contribution in [-0.4, -0.2) is 29.9 Å². The molecule has 3 aliphatic heterocycles.